The Morgan fingerprint density at radius 3 is 2.29 bits per heavy atom. The fraction of sp³-hybridized carbons (Fsp3) is 0.941. The first-order valence-corrected chi connectivity index (χ1v) is 8.92. The fourth-order valence-electron chi connectivity index (χ4n) is 4.06. The number of ether oxygens (including phenoxy) is 1. The molecule has 3 heterocycles. The van der Waals surface area contributed by atoms with E-state index in [1.807, 2.05) is 0 Å². The van der Waals surface area contributed by atoms with Crippen LogP contribution in [0.4, 0.5) is 0 Å². The molecule has 3 aliphatic rings. The predicted octanol–water partition coefficient (Wildman–Crippen LogP) is 2.28. The van der Waals surface area contributed by atoms with Crippen molar-refractivity contribution in [2.45, 2.75) is 57.4 Å². The summed E-state index contributed by atoms with van der Waals surface area (Å²) in [5.74, 6) is 0.834. The highest BCUT2D eigenvalue weighted by Gasteiger charge is 2.28. The SMILES string of the molecule is O=C(CC1CCOC1)N1CCC(N2CCCCCC2)CC1. The van der Waals surface area contributed by atoms with Gasteiger partial charge >= 0.3 is 0 Å². The highest BCUT2D eigenvalue weighted by atomic mass is 16.5. The summed E-state index contributed by atoms with van der Waals surface area (Å²) in [7, 11) is 0. The molecule has 3 aliphatic heterocycles. The highest BCUT2D eigenvalue weighted by molar-refractivity contribution is 5.76. The van der Waals surface area contributed by atoms with Crippen molar-refractivity contribution in [3.05, 3.63) is 0 Å². The second-order valence-electron chi connectivity index (χ2n) is 7.00. The van der Waals surface area contributed by atoms with E-state index in [-0.39, 0.29) is 0 Å². The Balaban J connectivity index is 1.42. The highest BCUT2D eigenvalue weighted by Crippen LogP contribution is 2.23. The standard InChI is InChI=1S/C17H30N2O2/c20-17(13-15-7-12-21-14-15)19-10-5-16(6-11-19)18-8-3-1-2-4-9-18/h15-16H,1-14H2. The minimum absolute atomic E-state index is 0.361. The van der Waals surface area contributed by atoms with Crippen LogP contribution in [0, 0.1) is 5.92 Å². The molecule has 4 nitrogen and oxygen atoms in total. The van der Waals surface area contributed by atoms with Gasteiger partial charge in [-0.1, -0.05) is 12.8 Å². The number of nitrogens with zero attached hydrogens (tertiary/aromatic N) is 2. The Bertz CT molecular complexity index is 326. The van der Waals surface area contributed by atoms with Crippen molar-refractivity contribution in [1.29, 1.82) is 0 Å². The molecule has 1 atom stereocenters. The van der Waals surface area contributed by atoms with E-state index >= 15 is 0 Å². The molecular weight excluding hydrogens is 264 g/mol. The summed E-state index contributed by atoms with van der Waals surface area (Å²) < 4.78 is 5.38. The first-order valence-electron chi connectivity index (χ1n) is 8.92. The first kappa shape index (κ1) is 15.3. The zero-order valence-corrected chi connectivity index (χ0v) is 13.3. The molecule has 0 bridgehead atoms. The molecule has 1 unspecified atom stereocenters. The number of rotatable bonds is 3. The van der Waals surface area contributed by atoms with Crippen molar-refractivity contribution in [3.8, 4) is 0 Å². The second kappa shape index (κ2) is 7.59. The molecule has 0 aliphatic carbocycles. The van der Waals surface area contributed by atoms with Crippen molar-refractivity contribution >= 4 is 5.91 Å². The number of amides is 1. The molecule has 3 fully saturated rings. The molecular formula is C17H30N2O2. The zero-order valence-electron chi connectivity index (χ0n) is 13.3. The summed E-state index contributed by atoms with van der Waals surface area (Å²) >= 11 is 0. The van der Waals surface area contributed by atoms with Crippen LogP contribution in [0.25, 0.3) is 0 Å². The number of piperidine rings is 1. The Labute approximate surface area is 128 Å². The van der Waals surface area contributed by atoms with E-state index in [4.69, 9.17) is 4.74 Å². The molecule has 1 amide bonds. The van der Waals surface area contributed by atoms with Crippen molar-refractivity contribution in [1.82, 2.24) is 9.80 Å². The number of carbonyl (C=O) groups is 1. The third-order valence-electron chi connectivity index (χ3n) is 5.46. The lowest BCUT2D eigenvalue weighted by molar-refractivity contribution is -0.133. The molecule has 0 aromatic carbocycles. The Hall–Kier alpha value is -0.610. The topological polar surface area (TPSA) is 32.8 Å². The van der Waals surface area contributed by atoms with Crippen LogP contribution >= 0.6 is 0 Å². The maximum atomic E-state index is 12.3. The zero-order chi connectivity index (χ0) is 14.5. The van der Waals surface area contributed by atoms with Gasteiger partial charge in [0.1, 0.15) is 0 Å². The molecule has 0 spiro atoms. The number of likely N-dealkylation sites (tertiary alicyclic amines) is 2. The van der Waals surface area contributed by atoms with Gasteiger partial charge in [-0.05, 0) is 51.1 Å². The summed E-state index contributed by atoms with van der Waals surface area (Å²) in [6.07, 6.45) is 9.64. The van der Waals surface area contributed by atoms with Gasteiger partial charge in [-0.2, -0.15) is 0 Å². The molecule has 0 aromatic heterocycles. The number of hydrogen-bond donors (Lipinski definition) is 0. The van der Waals surface area contributed by atoms with Crippen LogP contribution in [-0.2, 0) is 9.53 Å². The van der Waals surface area contributed by atoms with Crippen LogP contribution in [0.3, 0.4) is 0 Å². The van der Waals surface area contributed by atoms with Crippen molar-refractivity contribution in [2.75, 3.05) is 39.4 Å². The lowest BCUT2D eigenvalue weighted by Crippen LogP contribution is -2.47. The van der Waals surface area contributed by atoms with Gasteiger partial charge in [-0.25, -0.2) is 0 Å². The normalized spacial score (nSPS) is 29.5. The third kappa shape index (κ3) is 4.19. The van der Waals surface area contributed by atoms with Gasteiger partial charge in [-0.15, -0.1) is 0 Å². The molecule has 3 saturated heterocycles. The van der Waals surface area contributed by atoms with E-state index in [9.17, 15) is 4.79 Å². The summed E-state index contributed by atoms with van der Waals surface area (Å²) in [5.41, 5.74) is 0. The summed E-state index contributed by atoms with van der Waals surface area (Å²) in [4.78, 5) is 17.1. The fourth-order valence-corrected chi connectivity index (χ4v) is 4.06. The van der Waals surface area contributed by atoms with Crippen LogP contribution in [0.2, 0.25) is 0 Å². The van der Waals surface area contributed by atoms with Crippen LogP contribution in [-0.4, -0.2) is 61.1 Å². The lowest BCUT2D eigenvalue weighted by atomic mass is 10.00. The quantitative estimate of drug-likeness (QED) is 0.800. The van der Waals surface area contributed by atoms with Gasteiger partial charge in [0.2, 0.25) is 5.91 Å². The van der Waals surface area contributed by atoms with E-state index < -0.39 is 0 Å². The van der Waals surface area contributed by atoms with Crippen LogP contribution in [0.5, 0.6) is 0 Å². The minimum Gasteiger partial charge on any atom is -0.381 e. The molecule has 3 rings (SSSR count). The van der Waals surface area contributed by atoms with E-state index in [1.165, 1.54) is 51.6 Å². The maximum absolute atomic E-state index is 12.3. The lowest BCUT2D eigenvalue weighted by Gasteiger charge is -2.38. The van der Waals surface area contributed by atoms with E-state index in [0.717, 1.165) is 38.8 Å². The van der Waals surface area contributed by atoms with Gasteiger partial charge in [0.15, 0.2) is 0 Å². The van der Waals surface area contributed by atoms with E-state index in [2.05, 4.69) is 9.80 Å². The summed E-state index contributed by atoms with van der Waals surface area (Å²) in [6, 6.07) is 0.724. The van der Waals surface area contributed by atoms with E-state index in [1.54, 1.807) is 0 Å². The van der Waals surface area contributed by atoms with Gasteiger partial charge in [-0.3, -0.25) is 4.79 Å². The molecule has 21 heavy (non-hydrogen) atoms. The Morgan fingerprint density at radius 1 is 0.952 bits per heavy atom. The maximum Gasteiger partial charge on any atom is 0.222 e. The van der Waals surface area contributed by atoms with Crippen LogP contribution < -0.4 is 0 Å². The van der Waals surface area contributed by atoms with Crippen LogP contribution in [0.15, 0.2) is 0 Å². The summed E-state index contributed by atoms with van der Waals surface area (Å²) in [6.45, 7) is 6.11. The van der Waals surface area contributed by atoms with Gasteiger partial charge in [0, 0.05) is 38.8 Å². The smallest absolute Gasteiger partial charge is 0.222 e. The minimum atomic E-state index is 0.361. The predicted molar refractivity (Wildman–Crippen MR) is 83.2 cm³/mol. The molecule has 0 aromatic rings. The molecule has 0 N–H and O–H groups in total. The van der Waals surface area contributed by atoms with Crippen molar-refractivity contribution in [2.24, 2.45) is 5.92 Å². The van der Waals surface area contributed by atoms with Gasteiger partial charge in [0.25, 0.3) is 0 Å². The monoisotopic (exact) mass is 294 g/mol. The largest absolute Gasteiger partial charge is 0.381 e. The molecule has 0 radical (unpaired) electrons. The van der Waals surface area contributed by atoms with Crippen LogP contribution in [0.1, 0.15) is 51.4 Å². The van der Waals surface area contributed by atoms with Gasteiger partial charge in [0.05, 0.1) is 0 Å². The van der Waals surface area contributed by atoms with Gasteiger partial charge < -0.3 is 14.5 Å². The second-order valence-corrected chi connectivity index (χ2v) is 7.00. The van der Waals surface area contributed by atoms with Crippen molar-refractivity contribution < 1.29 is 9.53 Å². The number of hydrogen-bond acceptors (Lipinski definition) is 3. The average Bonchev–Trinajstić information content (AvgIpc) is 2.87. The van der Waals surface area contributed by atoms with E-state index in [0.29, 0.717) is 18.2 Å². The average molecular weight is 294 g/mol. The summed E-state index contributed by atoms with van der Waals surface area (Å²) in [5, 5.41) is 0. The molecule has 120 valence electrons. The molecule has 4 heteroatoms. The Morgan fingerprint density at radius 2 is 1.67 bits per heavy atom. The Kier molecular flexibility index (Phi) is 5.53. The first-order chi connectivity index (χ1) is 10.3. The third-order valence-corrected chi connectivity index (χ3v) is 5.46. The van der Waals surface area contributed by atoms with Crippen molar-refractivity contribution in [3.63, 3.8) is 0 Å². The molecule has 0 saturated carbocycles. The number of carbonyl (C=O) groups excluding carboxylic acids is 1.